The number of nitrogens with zero attached hydrogens (tertiary/aromatic N) is 1. The number of carboxylic acids is 1. The lowest BCUT2D eigenvalue weighted by atomic mass is 9.63. The Labute approximate surface area is 117 Å². The number of rotatable bonds is 3. The molecule has 106 valence electrons. The van der Waals surface area contributed by atoms with E-state index in [4.69, 9.17) is 4.74 Å². The van der Waals surface area contributed by atoms with E-state index in [1.54, 1.807) is 0 Å². The van der Waals surface area contributed by atoms with Crippen LogP contribution in [0.15, 0.2) is 30.3 Å². The molecule has 0 spiro atoms. The molecule has 1 N–H and O–H groups in total. The molecular weight excluding hydrogens is 258 g/mol. The van der Waals surface area contributed by atoms with Crippen LogP contribution in [0.4, 0.5) is 4.79 Å². The van der Waals surface area contributed by atoms with Crippen molar-refractivity contribution < 1.29 is 19.4 Å². The third-order valence-corrected chi connectivity index (χ3v) is 4.35. The van der Waals surface area contributed by atoms with Gasteiger partial charge in [-0.1, -0.05) is 30.3 Å². The normalized spacial score (nSPS) is 27.6. The number of aliphatic carboxylic acids is 1. The fourth-order valence-corrected chi connectivity index (χ4v) is 3.20. The molecule has 0 aromatic heterocycles. The van der Waals surface area contributed by atoms with Crippen LogP contribution in [-0.4, -0.2) is 34.2 Å². The van der Waals surface area contributed by atoms with E-state index < -0.39 is 17.6 Å². The summed E-state index contributed by atoms with van der Waals surface area (Å²) in [5, 5.41) is 9.39. The monoisotopic (exact) mass is 275 g/mol. The highest BCUT2D eigenvalue weighted by molar-refractivity contribution is 5.86. The van der Waals surface area contributed by atoms with Gasteiger partial charge in [0, 0.05) is 6.54 Å². The summed E-state index contributed by atoms with van der Waals surface area (Å²) in [4.78, 5) is 25.0. The summed E-state index contributed by atoms with van der Waals surface area (Å²) in [5.41, 5.74) is -0.120. The molecular formula is C15H17NO4. The molecule has 1 amide bonds. The highest BCUT2D eigenvalue weighted by Crippen LogP contribution is 2.49. The molecule has 1 aromatic rings. The Kier molecular flexibility index (Phi) is 3.12. The maximum Gasteiger partial charge on any atom is 0.411 e. The maximum atomic E-state index is 12.2. The average molecular weight is 275 g/mol. The molecule has 0 atom stereocenters. The van der Waals surface area contributed by atoms with Gasteiger partial charge in [0.15, 0.2) is 0 Å². The van der Waals surface area contributed by atoms with E-state index in [1.165, 1.54) is 4.90 Å². The lowest BCUT2D eigenvalue weighted by Gasteiger charge is -2.55. The van der Waals surface area contributed by atoms with Gasteiger partial charge in [0.1, 0.15) is 12.1 Å². The molecule has 2 saturated heterocycles. The van der Waals surface area contributed by atoms with Crippen molar-refractivity contribution >= 4 is 12.1 Å². The molecule has 3 fully saturated rings. The summed E-state index contributed by atoms with van der Waals surface area (Å²) in [7, 11) is 0. The van der Waals surface area contributed by atoms with Crippen molar-refractivity contribution in [2.24, 2.45) is 5.92 Å². The molecule has 2 aliphatic heterocycles. The van der Waals surface area contributed by atoms with Gasteiger partial charge in [0.2, 0.25) is 0 Å². The van der Waals surface area contributed by atoms with E-state index in [-0.39, 0.29) is 6.61 Å². The van der Waals surface area contributed by atoms with E-state index in [0.29, 0.717) is 25.3 Å². The van der Waals surface area contributed by atoms with Crippen molar-refractivity contribution in [1.82, 2.24) is 4.90 Å². The van der Waals surface area contributed by atoms with E-state index in [2.05, 4.69) is 0 Å². The number of hydrogen-bond acceptors (Lipinski definition) is 3. The van der Waals surface area contributed by atoms with Crippen molar-refractivity contribution in [2.45, 2.75) is 31.4 Å². The van der Waals surface area contributed by atoms with E-state index in [1.807, 2.05) is 30.3 Å². The third kappa shape index (κ3) is 2.03. The topological polar surface area (TPSA) is 66.8 Å². The molecule has 1 saturated carbocycles. The van der Waals surface area contributed by atoms with Crippen LogP contribution < -0.4 is 0 Å². The zero-order valence-corrected chi connectivity index (χ0v) is 11.1. The molecule has 20 heavy (non-hydrogen) atoms. The molecule has 2 bridgehead atoms. The number of piperidine rings is 2. The number of benzene rings is 1. The zero-order chi connectivity index (χ0) is 14.2. The smallest absolute Gasteiger partial charge is 0.411 e. The van der Waals surface area contributed by atoms with Crippen molar-refractivity contribution in [1.29, 1.82) is 0 Å². The second-order valence-corrected chi connectivity index (χ2v) is 5.59. The Bertz CT molecular complexity index is 522. The van der Waals surface area contributed by atoms with Crippen molar-refractivity contribution in [3.05, 3.63) is 35.9 Å². The lowest BCUT2D eigenvalue weighted by Crippen LogP contribution is -2.68. The Morgan fingerprint density at radius 1 is 1.30 bits per heavy atom. The van der Waals surface area contributed by atoms with Gasteiger partial charge in [-0.15, -0.1) is 0 Å². The Morgan fingerprint density at radius 3 is 2.65 bits per heavy atom. The first kappa shape index (κ1) is 13.0. The van der Waals surface area contributed by atoms with Crippen molar-refractivity contribution in [2.75, 3.05) is 6.54 Å². The SMILES string of the molecule is O=C(OCc1ccccc1)N1CCC2CC1(C(=O)O)C2. The first-order valence-electron chi connectivity index (χ1n) is 6.83. The number of fused-ring (bicyclic) bond motifs is 2. The van der Waals surface area contributed by atoms with E-state index in [9.17, 15) is 14.7 Å². The first-order chi connectivity index (χ1) is 9.62. The minimum Gasteiger partial charge on any atom is -0.479 e. The summed E-state index contributed by atoms with van der Waals surface area (Å²) in [6.45, 7) is 0.653. The third-order valence-electron chi connectivity index (χ3n) is 4.35. The second-order valence-electron chi connectivity index (χ2n) is 5.59. The number of carbonyl (C=O) groups is 2. The molecule has 0 unspecified atom stereocenters. The van der Waals surface area contributed by atoms with Crippen LogP contribution in [0.5, 0.6) is 0 Å². The zero-order valence-electron chi connectivity index (χ0n) is 11.1. The van der Waals surface area contributed by atoms with Crippen LogP contribution in [0.25, 0.3) is 0 Å². The maximum absolute atomic E-state index is 12.2. The van der Waals surface area contributed by atoms with E-state index in [0.717, 1.165) is 12.0 Å². The fourth-order valence-electron chi connectivity index (χ4n) is 3.20. The van der Waals surface area contributed by atoms with Gasteiger partial charge >= 0.3 is 12.1 Å². The summed E-state index contributed by atoms with van der Waals surface area (Å²) in [6, 6.07) is 9.38. The van der Waals surface area contributed by atoms with Gasteiger partial charge in [-0.3, -0.25) is 4.90 Å². The first-order valence-corrected chi connectivity index (χ1v) is 6.83. The predicted molar refractivity (Wildman–Crippen MR) is 71.0 cm³/mol. The highest BCUT2D eigenvalue weighted by Gasteiger charge is 2.59. The fraction of sp³-hybridized carbons (Fsp3) is 0.467. The van der Waals surface area contributed by atoms with Crippen molar-refractivity contribution in [3.63, 3.8) is 0 Å². The Hall–Kier alpha value is -2.04. The number of ether oxygens (including phenoxy) is 1. The summed E-state index contributed by atoms with van der Waals surface area (Å²) in [6.07, 6.45) is 1.47. The van der Waals surface area contributed by atoms with Gasteiger partial charge < -0.3 is 9.84 Å². The summed E-state index contributed by atoms with van der Waals surface area (Å²) < 4.78 is 5.26. The lowest BCUT2D eigenvalue weighted by molar-refractivity contribution is -0.167. The molecule has 5 heteroatoms. The van der Waals surface area contributed by atoms with Crippen LogP contribution in [0.2, 0.25) is 0 Å². The van der Waals surface area contributed by atoms with Gasteiger partial charge in [-0.05, 0) is 30.7 Å². The second kappa shape index (κ2) is 4.81. The predicted octanol–water partition coefficient (Wildman–Crippen LogP) is 2.26. The molecule has 1 aliphatic carbocycles. The van der Waals surface area contributed by atoms with Crippen LogP contribution >= 0.6 is 0 Å². The highest BCUT2D eigenvalue weighted by atomic mass is 16.6. The quantitative estimate of drug-likeness (QED) is 0.918. The standard InChI is InChI=1S/C15H17NO4/c17-13(18)15-8-12(9-15)6-7-16(15)14(19)20-10-11-4-2-1-3-5-11/h1-5,12H,6-10H2,(H,17,18). The van der Waals surface area contributed by atoms with Gasteiger partial charge in [0.05, 0.1) is 0 Å². The number of amides is 1. The number of carbonyl (C=O) groups excluding carboxylic acids is 1. The Morgan fingerprint density at radius 2 is 2.00 bits per heavy atom. The van der Waals surface area contributed by atoms with Crippen LogP contribution in [-0.2, 0) is 16.1 Å². The van der Waals surface area contributed by atoms with Crippen molar-refractivity contribution in [3.8, 4) is 0 Å². The largest absolute Gasteiger partial charge is 0.479 e. The van der Waals surface area contributed by atoms with Gasteiger partial charge in [0.25, 0.3) is 0 Å². The molecule has 3 aliphatic rings. The molecule has 4 rings (SSSR count). The van der Waals surface area contributed by atoms with Crippen LogP contribution in [0, 0.1) is 5.92 Å². The van der Waals surface area contributed by atoms with Crippen LogP contribution in [0.3, 0.4) is 0 Å². The molecule has 2 heterocycles. The van der Waals surface area contributed by atoms with Gasteiger partial charge in [-0.25, -0.2) is 9.59 Å². The van der Waals surface area contributed by atoms with E-state index >= 15 is 0 Å². The average Bonchev–Trinajstić information content (AvgIpc) is 2.44. The molecule has 0 radical (unpaired) electrons. The molecule has 5 nitrogen and oxygen atoms in total. The minimum atomic E-state index is -1.02. The molecule has 1 aromatic carbocycles. The number of carboxylic acid groups (broad SMARTS) is 1. The minimum absolute atomic E-state index is 0.176. The van der Waals surface area contributed by atoms with Crippen LogP contribution in [0.1, 0.15) is 24.8 Å². The summed E-state index contributed by atoms with van der Waals surface area (Å²) in [5.74, 6) is -0.464. The number of hydrogen-bond donors (Lipinski definition) is 1. The Balaban J connectivity index is 1.66. The summed E-state index contributed by atoms with van der Waals surface area (Å²) >= 11 is 0. The van der Waals surface area contributed by atoms with Gasteiger partial charge in [-0.2, -0.15) is 0 Å².